The minimum atomic E-state index is -1.35. The zero-order valence-corrected chi connectivity index (χ0v) is 27.6. The molecule has 0 unspecified atom stereocenters. The van der Waals surface area contributed by atoms with Crippen LogP contribution in [0.2, 0.25) is 19.6 Å². The molecule has 0 bridgehead atoms. The lowest BCUT2D eigenvalue weighted by Gasteiger charge is -2.17. The molecule has 0 N–H and O–H groups in total. The van der Waals surface area contributed by atoms with Gasteiger partial charge in [-0.1, -0.05) is 140 Å². The first-order valence-electron chi connectivity index (χ1n) is 15.9. The van der Waals surface area contributed by atoms with Crippen LogP contribution in [0.5, 0.6) is 0 Å². The van der Waals surface area contributed by atoms with E-state index < -0.39 is 8.07 Å². The van der Waals surface area contributed by atoms with Crippen molar-refractivity contribution in [3.05, 3.63) is 146 Å². The molecule has 0 aliphatic carbocycles. The van der Waals surface area contributed by atoms with Gasteiger partial charge in [-0.3, -0.25) is 0 Å². The second-order valence-corrected chi connectivity index (χ2v) is 18.0. The van der Waals surface area contributed by atoms with Crippen LogP contribution in [0, 0.1) is 0 Å². The van der Waals surface area contributed by atoms with Crippen LogP contribution in [0.25, 0.3) is 78.4 Å². The molecular formula is C42H33N3OSi. The van der Waals surface area contributed by atoms with Crippen molar-refractivity contribution in [1.29, 1.82) is 0 Å². The largest absolute Gasteiger partial charge is 0.456 e. The number of fused-ring (bicyclic) bond motifs is 3. The van der Waals surface area contributed by atoms with Gasteiger partial charge in [0.15, 0.2) is 17.5 Å². The Morgan fingerprint density at radius 1 is 0.383 bits per heavy atom. The minimum Gasteiger partial charge on any atom is -0.456 e. The smallest absolute Gasteiger partial charge is 0.164 e. The van der Waals surface area contributed by atoms with Crippen LogP contribution in [0.3, 0.4) is 0 Å². The summed E-state index contributed by atoms with van der Waals surface area (Å²) in [5.41, 5.74) is 9.09. The first kappa shape index (κ1) is 28.8. The molecule has 2 aromatic heterocycles. The van der Waals surface area contributed by atoms with Gasteiger partial charge in [-0.05, 0) is 52.6 Å². The summed E-state index contributed by atoms with van der Waals surface area (Å²) in [7, 11) is -1.35. The highest BCUT2D eigenvalue weighted by Gasteiger charge is 2.17. The van der Waals surface area contributed by atoms with Crippen molar-refractivity contribution < 1.29 is 4.42 Å². The van der Waals surface area contributed by atoms with E-state index in [-0.39, 0.29) is 0 Å². The van der Waals surface area contributed by atoms with E-state index in [0.29, 0.717) is 17.5 Å². The molecule has 4 nitrogen and oxygen atoms in total. The molecule has 0 aliphatic heterocycles. The van der Waals surface area contributed by atoms with Crippen LogP contribution < -0.4 is 5.19 Å². The second-order valence-electron chi connectivity index (χ2n) is 13.0. The molecule has 5 heteroatoms. The highest BCUT2D eigenvalue weighted by molar-refractivity contribution is 6.88. The molecule has 0 aliphatic rings. The second kappa shape index (κ2) is 11.6. The zero-order valence-electron chi connectivity index (χ0n) is 26.6. The predicted octanol–water partition coefficient (Wildman–Crippen LogP) is 10.7. The summed E-state index contributed by atoms with van der Waals surface area (Å²) in [6, 6.07) is 50.7. The van der Waals surface area contributed by atoms with Gasteiger partial charge >= 0.3 is 0 Å². The summed E-state index contributed by atoms with van der Waals surface area (Å²) >= 11 is 0. The topological polar surface area (TPSA) is 51.8 Å². The summed E-state index contributed by atoms with van der Waals surface area (Å²) < 4.78 is 6.20. The Labute approximate surface area is 275 Å². The van der Waals surface area contributed by atoms with Crippen molar-refractivity contribution in [1.82, 2.24) is 15.0 Å². The van der Waals surface area contributed by atoms with Crippen LogP contribution in [-0.2, 0) is 0 Å². The molecule has 8 aromatic rings. The van der Waals surface area contributed by atoms with Gasteiger partial charge in [-0.25, -0.2) is 15.0 Å². The number of para-hydroxylation sites is 1. The lowest BCUT2D eigenvalue weighted by atomic mass is 9.98. The average Bonchev–Trinajstić information content (AvgIpc) is 3.50. The highest BCUT2D eigenvalue weighted by atomic mass is 28.3. The maximum atomic E-state index is 6.20. The Morgan fingerprint density at radius 2 is 0.872 bits per heavy atom. The molecule has 0 saturated heterocycles. The normalized spacial score (nSPS) is 11.7. The quantitative estimate of drug-likeness (QED) is 0.173. The molecule has 0 fully saturated rings. The third-order valence-electron chi connectivity index (χ3n) is 8.71. The van der Waals surface area contributed by atoms with Crippen LogP contribution in [0.1, 0.15) is 0 Å². The van der Waals surface area contributed by atoms with E-state index >= 15 is 0 Å². The fraction of sp³-hybridized carbons (Fsp3) is 0.0714. The molecule has 0 radical (unpaired) electrons. The van der Waals surface area contributed by atoms with Gasteiger partial charge in [0, 0.05) is 27.5 Å². The standard InChI is InChI=1S/C42H33N3OSi/c1-47(2,3)35-22-19-28(20-23-35)30-13-9-14-31(25-30)32-15-10-16-33(26-32)41-43-40(29-11-5-4-6-12-29)44-42(45-41)34-21-24-37-36-17-7-8-18-38(36)46-39(37)27-34/h4-27H,1-3H3. The molecule has 0 saturated carbocycles. The van der Waals surface area contributed by atoms with E-state index in [2.05, 4.69) is 111 Å². The third-order valence-corrected chi connectivity index (χ3v) is 10.8. The van der Waals surface area contributed by atoms with Crippen molar-refractivity contribution in [2.24, 2.45) is 0 Å². The summed E-state index contributed by atoms with van der Waals surface area (Å²) in [6.07, 6.45) is 0. The number of nitrogens with zero attached hydrogens (tertiary/aromatic N) is 3. The van der Waals surface area contributed by atoms with E-state index in [0.717, 1.165) is 49.8 Å². The molecular weight excluding hydrogens is 591 g/mol. The lowest BCUT2D eigenvalue weighted by molar-refractivity contribution is 0.669. The van der Waals surface area contributed by atoms with Crippen molar-refractivity contribution >= 4 is 35.2 Å². The summed E-state index contributed by atoms with van der Waals surface area (Å²) in [5.74, 6) is 1.85. The van der Waals surface area contributed by atoms with Crippen molar-refractivity contribution in [3.8, 4) is 56.4 Å². The lowest BCUT2D eigenvalue weighted by Crippen LogP contribution is -2.37. The van der Waals surface area contributed by atoms with E-state index in [1.54, 1.807) is 0 Å². The van der Waals surface area contributed by atoms with Crippen LogP contribution in [0.4, 0.5) is 0 Å². The minimum absolute atomic E-state index is 0.602. The van der Waals surface area contributed by atoms with Gasteiger partial charge in [0.05, 0.1) is 8.07 Å². The van der Waals surface area contributed by atoms with Crippen molar-refractivity contribution in [3.63, 3.8) is 0 Å². The molecule has 226 valence electrons. The van der Waals surface area contributed by atoms with E-state index in [9.17, 15) is 0 Å². The van der Waals surface area contributed by atoms with Gasteiger partial charge in [0.1, 0.15) is 11.2 Å². The SMILES string of the molecule is C[Si](C)(C)c1ccc(-c2cccc(-c3cccc(-c4nc(-c5ccccc5)nc(-c5ccc6c(c5)oc5ccccc56)n4)c3)c2)cc1. The fourth-order valence-electron chi connectivity index (χ4n) is 6.09. The van der Waals surface area contributed by atoms with Crippen molar-refractivity contribution in [2.75, 3.05) is 0 Å². The van der Waals surface area contributed by atoms with Gasteiger partial charge in [-0.2, -0.15) is 0 Å². The number of benzene rings is 6. The summed E-state index contributed by atoms with van der Waals surface area (Å²) in [5, 5.41) is 3.64. The van der Waals surface area contributed by atoms with E-state index in [4.69, 9.17) is 19.4 Å². The average molecular weight is 624 g/mol. The molecule has 2 heterocycles. The van der Waals surface area contributed by atoms with Crippen LogP contribution in [0.15, 0.2) is 150 Å². The van der Waals surface area contributed by atoms with E-state index in [1.165, 1.54) is 16.3 Å². The third kappa shape index (κ3) is 5.66. The summed E-state index contributed by atoms with van der Waals surface area (Å²) in [6.45, 7) is 7.15. The number of hydrogen-bond acceptors (Lipinski definition) is 4. The van der Waals surface area contributed by atoms with Gasteiger partial charge in [0.25, 0.3) is 0 Å². The molecule has 8 rings (SSSR count). The van der Waals surface area contributed by atoms with Crippen LogP contribution >= 0.6 is 0 Å². The molecule has 47 heavy (non-hydrogen) atoms. The van der Waals surface area contributed by atoms with E-state index in [1.807, 2.05) is 54.6 Å². The molecule has 0 atom stereocenters. The Morgan fingerprint density at radius 3 is 1.55 bits per heavy atom. The molecule has 0 spiro atoms. The van der Waals surface area contributed by atoms with Crippen molar-refractivity contribution in [2.45, 2.75) is 19.6 Å². The maximum absolute atomic E-state index is 6.20. The zero-order chi connectivity index (χ0) is 32.0. The summed E-state index contributed by atoms with van der Waals surface area (Å²) in [4.78, 5) is 15.0. The highest BCUT2D eigenvalue weighted by Crippen LogP contribution is 2.33. The van der Waals surface area contributed by atoms with Crippen LogP contribution in [-0.4, -0.2) is 23.0 Å². The maximum Gasteiger partial charge on any atom is 0.164 e. The first-order chi connectivity index (χ1) is 22.9. The Hall–Kier alpha value is -5.65. The Balaban J connectivity index is 1.20. The molecule has 6 aromatic carbocycles. The number of hydrogen-bond donors (Lipinski definition) is 0. The predicted molar refractivity (Wildman–Crippen MR) is 197 cm³/mol. The number of aromatic nitrogens is 3. The Kier molecular flexibility index (Phi) is 7.11. The Bertz CT molecular complexity index is 2390. The number of furan rings is 1. The fourth-order valence-corrected chi connectivity index (χ4v) is 7.26. The van der Waals surface area contributed by atoms with Gasteiger partial charge in [-0.15, -0.1) is 0 Å². The van der Waals surface area contributed by atoms with Gasteiger partial charge in [0.2, 0.25) is 0 Å². The number of rotatable bonds is 6. The van der Waals surface area contributed by atoms with Gasteiger partial charge < -0.3 is 4.42 Å². The monoisotopic (exact) mass is 623 g/mol. The first-order valence-corrected chi connectivity index (χ1v) is 19.4. The molecule has 0 amide bonds.